The van der Waals surface area contributed by atoms with Crippen LogP contribution in [-0.2, 0) is 9.84 Å². The predicted molar refractivity (Wildman–Crippen MR) is 67.4 cm³/mol. The van der Waals surface area contributed by atoms with E-state index < -0.39 is 9.84 Å². The molecule has 0 saturated carbocycles. The van der Waals surface area contributed by atoms with Crippen LogP contribution >= 0.6 is 11.3 Å². The standard InChI is InChI=1S/C11H17NO2S2/c1-8-9(5-6-15-8)11(12)10-4-2-3-7-16(10,13)14/h5-6,10-11H,2-4,7,12H2,1H3. The highest BCUT2D eigenvalue weighted by Gasteiger charge is 2.35. The van der Waals surface area contributed by atoms with E-state index in [9.17, 15) is 8.42 Å². The average Bonchev–Trinajstić information content (AvgIpc) is 2.63. The third-order valence-corrected chi connectivity index (χ3v) is 6.46. The maximum atomic E-state index is 12.0. The Hall–Kier alpha value is -0.390. The molecule has 0 amide bonds. The molecule has 1 aromatic rings. The predicted octanol–water partition coefficient (Wildman–Crippen LogP) is 2.02. The summed E-state index contributed by atoms with van der Waals surface area (Å²) in [4.78, 5) is 1.13. The minimum atomic E-state index is -2.99. The molecular weight excluding hydrogens is 242 g/mol. The quantitative estimate of drug-likeness (QED) is 0.884. The lowest BCUT2D eigenvalue weighted by Gasteiger charge is -2.27. The van der Waals surface area contributed by atoms with Gasteiger partial charge >= 0.3 is 0 Å². The molecule has 0 aliphatic carbocycles. The molecule has 0 bridgehead atoms. The number of sulfone groups is 1. The van der Waals surface area contributed by atoms with E-state index in [0.29, 0.717) is 12.2 Å². The third kappa shape index (κ3) is 2.17. The molecule has 16 heavy (non-hydrogen) atoms. The fraction of sp³-hybridized carbons (Fsp3) is 0.636. The molecule has 1 saturated heterocycles. The molecule has 1 fully saturated rings. The Labute approximate surface area is 101 Å². The number of aryl methyl sites for hydroxylation is 1. The fourth-order valence-corrected chi connectivity index (χ4v) is 5.11. The first-order chi connectivity index (χ1) is 7.52. The van der Waals surface area contributed by atoms with Crippen molar-refractivity contribution in [2.75, 3.05) is 5.75 Å². The Morgan fingerprint density at radius 3 is 2.81 bits per heavy atom. The van der Waals surface area contributed by atoms with E-state index >= 15 is 0 Å². The maximum absolute atomic E-state index is 12.0. The van der Waals surface area contributed by atoms with Gasteiger partial charge in [-0.15, -0.1) is 11.3 Å². The molecule has 0 aromatic carbocycles. The minimum Gasteiger partial charge on any atom is -0.323 e. The summed E-state index contributed by atoms with van der Waals surface area (Å²) in [6, 6.07) is 1.60. The summed E-state index contributed by atoms with van der Waals surface area (Å²) in [6.07, 6.45) is 2.47. The van der Waals surface area contributed by atoms with Crippen LogP contribution in [0.15, 0.2) is 11.4 Å². The fourth-order valence-electron chi connectivity index (χ4n) is 2.32. The van der Waals surface area contributed by atoms with E-state index in [4.69, 9.17) is 5.73 Å². The average molecular weight is 259 g/mol. The van der Waals surface area contributed by atoms with Crippen LogP contribution in [0.5, 0.6) is 0 Å². The number of thiophene rings is 1. The van der Waals surface area contributed by atoms with Gasteiger partial charge in [0, 0.05) is 10.9 Å². The zero-order valence-electron chi connectivity index (χ0n) is 9.35. The first-order valence-corrected chi connectivity index (χ1v) is 8.13. The Kier molecular flexibility index (Phi) is 3.37. The van der Waals surface area contributed by atoms with Gasteiger partial charge in [0.2, 0.25) is 0 Å². The van der Waals surface area contributed by atoms with Crippen LogP contribution in [0.3, 0.4) is 0 Å². The Morgan fingerprint density at radius 1 is 1.50 bits per heavy atom. The highest BCUT2D eigenvalue weighted by Crippen LogP contribution is 2.32. The molecule has 5 heteroatoms. The maximum Gasteiger partial charge on any atom is 0.155 e. The molecule has 0 spiro atoms. The van der Waals surface area contributed by atoms with Crippen molar-refractivity contribution in [2.24, 2.45) is 5.73 Å². The molecule has 3 nitrogen and oxygen atoms in total. The zero-order chi connectivity index (χ0) is 11.8. The molecule has 1 aromatic heterocycles. The van der Waals surface area contributed by atoms with Gasteiger partial charge in [-0.25, -0.2) is 8.42 Å². The molecule has 2 heterocycles. The number of rotatable bonds is 2. The Balaban J connectivity index is 2.28. The van der Waals surface area contributed by atoms with Crippen LogP contribution in [-0.4, -0.2) is 19.4 Å². The van der Waals surface area contributed by atoms with Gasteiger partial charge in [-0.05, 0) is 36.8 Å². The molecule has 2 unspecified atom stereocenters. The van der Waals surface area contributed by atoms with Gasteiger partial charge in [0.25, 0.3) is 0 Å². The van der Waals surface area contributed by atoms with Crippen molar-refractivity contribution in [3.8, 4) is 0 Å². The molecule has 2 N–H and O–H groups in total. The summed E-state index contributed by atoms with van der Waals surface area (Å²) in [6.45, 7) is 2.00. The van der Waals surface area contributed by atoms with Gasteiger partial charge in [-0.1, -0.05) is 6.42 Å². The van der Waals surface area contributed by atoms with Crippen molar-refractivity contribution in [3.05, 3.63) is 21.9 Å². The zero-order valence-corrected chi connectivity index (χ0v) is 11.0. The van der Waals surface area contributed by atoms with Crippen LogP contribution in [0.4, 0.5) is 0 Å². The second-order valence-corrected chi connectivity index (χ2v) is 7.82. The topological polar surface area (TPSA) is 60.2 Å². The highest BCUT2D eigenvalue weighted by atomic mass is 32.2. The second kappa shape index (κ2) is 4.47. The lowest BCUT2D eigenvalue weighted by atomic mass is 10.0. The number of hydrogen-bond donors (Lipinski definition) is 1. The smallest absolute Gasteiger partial charge is 0.155 e. The lowest BCUT2D eigenvalue weighted by molar-refractivity contribution is 0.504. The van der Waals surface area contributed by atoms with Crippen molar-refractivity contribution in [3.63, 3.8) is 0 Å². The summed E-state index contributed by atoms with van der Waals surface area (Å²) in [5, 5.41) is 1.59. The monoisotopic (exact) mass is 259 g/mol. The Bertz CT molecular complexity index is 464. The molecule has 1 aliphatic heterocycles. The van der Waals surface area contributed by atoms with Gasteiger partial charge in [0.1, 0.15) is 0 Å². The highest BCUT2D eigenvalue weighted by molar-refractivity contribution is 7.92. The number of nitrogens with two attached hydrogens (primary N) is 1. The molecule has 2 rings (SSSR count). The van der Waals surface area contributed by atoms with Gasteiger partial charge in [0.05, 0.1) is 11.0 Å². The van der Waals surface area contributed by atoms with E-state index in [2.05, 4.69) is 0 Å². The van der Waals surface area contributed by atoms with Gasteiger partial charge < -0.3 is 5.73 Å². The Morgan fingerprint density at radius 2 is 2.25 bits per heavy atom. The van der Waals surface area contributed by atoms with E-state index in [-0.39, 0.29) is 11.3 Å². The first kappa shape index (κ1) is 12.1. The normalized spacial score (nSPS) is 26.5. The molecule has 2 atom stereocenters. The molecule has 90 valence electrons. The minimum absolute atomic E-state index is 0.300. The van der Waals surface area contributed by atoms with Crippen LogP contribution < -0.4 is 5.73 Å². The van der Waals surface area contributed by atoms with Gasteiger partial charge in [-0.2, -0.15) is 0 Å². The van der Waals surface area contributed by atoms with Gasteiger partial charge in [-0.3, -0.25) is 0 Å². The van der Waals surface area contributed by atoms with Crippen LogP contribution in [0, 0.1) is 6.92 Å². The summed E-state index contributed by atoms with van der Waals surface area (Å²) >= 11 is 1.62. The molecular formula is C11H17NO2S2. The van der Waals surface area contributed by atoms with E-state index in [1.807, 2.05) is 18.4 Å². The van der Waals surface area contributed by atoms with Crippen molar-refractivity contribution in [1.29, 1.82) is 0 Å². The van der Waals surface area contributed by atoms with Crippen molar-refractivity contribution >= 4 is 21.2 Å². The summed E-state index contributed by atoms with van der Waals surface area (Å²) < 4.78 is 23.9. The second-order valence-electron chi connectivity index (χ2n) is 4.36. The van der Waals surface area contributed by atoms with Crippen molar-refractivity contribution < 1.29 is 8.42 Å². The largest absolute Gasteiger partial charge is 0.323 e. The molecule has 0 radical (unpaired) electrons. The lowest BCUT2D eigenvalue weighted by Crippen LogP contribution is -2.37. The van der Waals surface area contributed by atoms with E-state index in [1.165, 1.54) is 0 Å². The third-order valence-electron chi connectivity index (χ3n) is 3.29. The van der Waals surface area contributed by atoms with Crippen molar-refractivity contribution in [1.82, 2.24) is 0 Å². The van der Waals surface area contributed by atoms with Crippen LogP contribution in [0.1, 0.15) is 35.7 Å². The van der Waals surface area contributed by atoms with Crippen LogP contribution in [0.2, 0.25) is 0 Å². The van der Waals surface area contributed by atoms with Gasteiger partial charge in [0.15, 0.2) is 9.84 Å². The van der Waals surface area contributed by atoms with Crippen molar-refractivity contribution in [2.45, 2.75) is 37.5 Å². The summed E-state index contributed by atoms with van der Waals surface area (Å²) in [5.74, 6) is 0.300. The summed E-state index contributed by atoms with van der Waals surface area (Å²) in [7, 11) is -2.99. The number of hydrogen-bond acceptors (Lipinski definition) is 4. The molecule has 1 aliphatic rings. The summed E-state index contributed by atoms with van der Waals surface area (Å²) in [5.41, 5.74) is 7.12. The SMILES string of the molecule is Cc1sccc1C(N)C1CCCCS1(=O)=O. The van der Waals surface area contributed by atoms with Crippen LogP contribution in [0.25, 0.3) is 0 Å². The first-order valence-electron chi connectivity index (χ1n) is 5.53. The van der Waals surface area contributed by atoms with E-state index in [1.54, 1.807) is 11.3 Å². The van der Waals surface area contributed by atoms with E-state index in [0.717, 1.165) is 23.3 Å².